The van der Waals surface area contributed by atoms with Crippen LogP contribution in [0.15, 0.2) is 48.5 Å². The van der Waals surface area contributed by atoms with Crippen LogP contribution in [-0.2, 0) is 6.18 Å². The van der Waals surface area contributed by atoms with Gasteiger partial charge < -0.3 is 0 Å². The van der Waals surface area contributed by atoms with Gasteiger partial charge in [-0.2, -0.15) is 13.2 Å². The molecule has 0 aliphatic carbocycles. The largest absolute Gasteiger partial charge is 0.451 e. The summed E-state index contributed by atoms with van der Waals surface area (Å²) in [4.78, 5) is 6.96. The molecule has 0 bridgehead atoms. The number of alkyl halides is 3. The maximum Gasteiger partial charge on any atom is 0.451 e. The molecule has 0 atom stereocenters. The summed E-state index contributed by atoms with van der Waals surface area (Å²) in [5, 5.41) is 0.213. The van der Waals surface area contributed by atoms with Gasteiger partial charge in [0.15, 0.2) is 0 Å². The standard InChI is InChI=1S/C15H8ClF3N2/c16-13-12-10(9-5-2-1-3-6-9)7-4-8-11(12)20-14(21-13)15(17,18)19/h1-8H. The highest BCUT2D eigenvalue weighted by Gasteiger charge is 2.35. The molecule has 0 amide bonds. The quantitative estimate of drug-likeness (QED) is 0.593. The molecule has 0 radical (unpaired) electrons. The van der Waals surface area contributed by atoms with Crippen molar-refractivity contribution >= 4 is 22.5 Å². The third-order valence-corrected chi connectivity index (χ3v) is 3.29. The van der Waals surface area contributed by atoms with Crippen LogP contribution in [0, 0.1) is 0 Å². The maximum absolute atomic E-state index is 12.7. The van der Waals surface area contributed by atoms with E-state index in [4.69, 9.17) is 11.6 Å². The number of fused-ring (bicyclic) bond motifs is 1. The van der Waals surface area contributed by atoms with E-state index in [0.29, 0.717) is 10.9 Å². The van der Waals surface area contributed by atoms with Crippen molar-refractivity contribution in [1.82, 2.24) is 9.97 Å². The van der Waals surface area contributed by atoms with Gasteiger partial charge in [-0.1, -0.05) is 54.1 Å². The molecule has 1 aromatic heterocycles. The van der Waals surface area contributed by atoms with Crippen molar-refractivity contribution in [2.24, 2.45) is 0 Å². The molecule has 0 spiro atoms. The van der Waals surface area contributed by atoms with Crippen LogP contribution in [-0.4, -0.2) is 9.97 Å². The molecular weight excluding hydrogens is 301 g/mol. The van der Waals surface area contributed by atoms with Crippen LogP contribution in [0.1, 0.15) is 5.82 Å². The second kappa shape index (κ2) is 5.00. The van der Waals surface area contributed by atoms with Crippen molar-refractivity contribution in [3.8, 4) is 11.1 Å². The Hall–Kier alpha value is -2.14. The number of hydrogen-bond donors (Lipinski definition) is 0. The Morgan fingerprint density at radius 3 is 2.24 bits per heavy atom. The highest BCUT2D eigenvalue weighted by atomic mass is 35.5. The molecule has 2 nitrogen and oxygen atoms in total. The van der Waals surface area contributed by atoms with Crippen molar-refractivity contribution in [1.29, 1.82) is 0 Å². The summed E-state index contributed by atoms with van der Waals surface area (Å²) < 4.78 is 38.2. The monoisotopic (exact) mass is 308 g/mol. The van der Waals surface area contributed by atoms with Gasteiger partial charge in [0.05, 0.1) is 5.52 Å². The summed E-state index contributed by atoms with van der Waals surface area (Å²) in [6, 6.07) is 14.2. The van der Waals surface area contributed by atoms with Gasteiger partial charge in [-0.25, -0.2) is 9.97 Å². The fourth-order valence-electron chi connectivity index (χ4n) is 2.12. The summed E-state index contributed by atoms with van der Waals surface area (Å²) in [7, 11) is 0. The molecule has 6 heteroatoms. The number of rotatable bonds is 1. The van der Waals surface area contributed by atoms with Crippen molar-refractivity contribution in [2.75, 3.05) is 0 Å². The fraction of sp³-hybridized carbons (Fsp3) is 0.0667. The van der Waals surface area contributed by atoms with E-state index in [9.17, 15) is 13.2 Å². The first-order valence-electron chi connectivity index (χ1n) is 6.06. The molecule has 3 aromatic rings. The summed E-state index contributed by atoms with van der Waals surface area (Å²) in [6.07, 6.45) is -4.62. The Balaban J connectivity index is 2.30. The molecule has 0 aliphatic heterocycles. The van der Waals surface area contributed by atoms with Crippen LogP contribution in [0.2, 0.25) is 5.15 Å². The van der Waals surface area contributed by atoms with Crippen molar-refractivity contribution in [2.45, 2.75) is 6.18 Å². The van der Waals surface area contributed by atoms with Gasteiger partial charge in [0, 0.05) is 5.39 Å². The number of halogens is 4. The third kappa shape index (κ3) is 2.56. The first-order chi connectivity index (χ1) is 9.97. The Labute approximate surface area is 123 Å². The molecule has 0 unspecified atom stereocenters. The minimum atomic E-state index is -4.62. The van der Waals surface area contributed by atoms with Crippen LogP contribution in [0.3, 0.4) is 0 Å². The predicted molar refractivity (Wildman–Crippen MR) is 75.0 cm³/mol. The molecule has 0 fully saturated rings. The molecule has 0 aliphatic rings. The number of hydrogen-bond acceptors (Lipinski definition) is 2. The maximum atomic E-state index is 12.7. The minimum absolute atomic E-state index is 0.170. The zero-order chi connectivity index (χ0) is 15.0. The molecule has 3 rings (SSSR count). The van der Waals surface area contributed by atoms with E-state index in [-0.39, 0.29) is 10.7 Å². The van der Waals surface area contributed by atoms with Crippen LogP contribution >= 0.6 is 11.6 Å². The summed E-state index contributed by atoms with van der Waals surface area (Å²) >= 11 is 5.97. The van der Waals surface area contributed by atoms with E-state index >= 15 is 0 Å². The Morgan fingerprint density at radius 2 is 1.57 bits per heavy atom. The number of nitrogens with zero attached hydrogens (tertiary/aromatic N) is 2. The summed E-state index contributed by atoms with van der Waals surface area (Å²) in [6.45, 7) is 0. The highest BCUT2D eigenvalue weighted by molar-refractivity contribution is 6.35. The zero-order valence-electron chi connectivity index (χ0n) is 10.5. The first kappa shape index (κ1) is 13.8. The minimum Gasteiger partial charge on any atom is -0.224 e. The van der Waals surface area contributed by atoms with E-state index in [1.807, 2.05) is 30.3 Å². The van der Waals surface area contributed by atoms with Gasteiger partial charge in [0.2, 0.25) is 5.82 Å². The van der Waals surface area contributed by atoms with Gasteiger partial charge >= 0.3 is 6.18 Å². The molecule has 1 heterocycles. The first-order valence-corrected chi connectivity index (χ1v) is 6.43. The molecule has 21 heavy (non-hydrogen) atoms. The van der Waals surface area contributed by atoms with Crippen molar-refractivity contribution in [3.63, 3.8) is 0 Å². The van der Waals surface area contributed by atoms with Crippen LogP contribution in [0.25, 0.3) is 22.0 Å². The number of benzene rings is 2. The lowest BCUT2D eigenvalue weighted by molar-refractivity contribution is -0.144. The van der Waals surface area contributed by atoms with E-state index < -0.39 is 12.0 Å². The lowest BCUT2D eigenvalue weighted by Crippen LogP contribution is -2.11. The van der Waals surface area contributed by atoms with Gasteiger partial charge in [-0.3, -0.25) is 0 Å². The zero-order valence-corrected chi connectivity index (χ0v) is 11.3. The molecule has 2 aromatic carbocycles. The van der Waals surface area contributed by atoms with Gasteiger partial charge in [-0.05, 0) is 17.2 Å². The lowest BCUT2D eigenvalue weighted by Gasteiger charge is -2.10. The average molecular weight is 309 g/mol. The Morgan fingerprint density at radius 1 is 0.857 bits per heavy atom. The Kier molecular flexibility index (Phi) is 3.29. The van der Waals surface area contributed by atoms with Gasteiger partial charge in [-0.15, -0.1) is 0 Å². The molecule has 0 saturated heterocycles. The topological polar surface area (TPSA) is 25.8 Å². The van der Waals surface area contributed by atoms with Crippen LogP contribution in [0.4, 0.5) is 13.2 Å². The SMILES string of the molecule is FC(F)(F)c1nc(Cl)c2c(-c3ccccc3)cccc2n1. The second-order valence-corrected chi connectivity index (χ2v) is 4.76. The van der Waals surface area contributed by atoms with Crippen molar-refractivity contribution < 1.29 is 13.2 Å². The van der Waals surface area contributed by atoms with Gasteiger partial charge in [0.25, 0.3) is 0 Å². The van der Waals surface area contributed by atoms with Crippen LogP contribution < -0.4 is 0 Å². The smallest absolute Gasteiger partial charge is 0.224 e. The van der Waals surface area contributed by atoms with Crippen LogP contribution in [0.5, 0.6) is 0 Å². The fourth-order valence-corrected chi connectivity index (χ4v) is 2.40. The molecule has 0 N–H and O–H groups in total. The third-order valence-electron chi connectivity index (χ3n) is 3.02. The highest BCUT2D eigenvalue weighted by Crippen LogP contribution is 2.35. The summed E-state index contributed by atoms with van der Waals surface area (Å²) in [5.74, 6) is -1.23. The molecular formula is C15H8ClF3N2. The average Bonchev–Trinajstić information content (AvgIpc) is 2.46. The Bertz CT molecular complexity index is 801. The van der Waals surface area contributed by atoms with E-state index in [1.54, 1.807) is 12.1 Å². The lowest BCUT2D eigenvalue weighted by atomic mass is 10.0. The van der Waals surface area contributed by atoms with Gasteiger partial charge in [0.1, 0.15) is 5.15 Å². The number of aromatic nitrogens is 2. The molecule has 106 valence electrons. The van der Waals surface area contributed by atoms with E-state index in [1.165, 1.54) is 6.07 Å². The van der Waals surface area contributed by atoms with E-state index in [0.717, 1.165) is 5.56 Å². The van der Waals surface area contributed by atoms with E-state index in [2.05, 4.69) is 9.97 Å². The summed E-state index contributed by atoms with van der Waals surface area (Å²) in [5.41, 5.74) is 1.71. The van der Waals surface area contributed by atoms with Crippen molar-refractivity contribution in [3.05, 3.63) is 59.5 Å². The second-order valence-electron chi connectivity index (χ2n) is 4.40. The predicted octanol–water partition coefficient (Wildman–Crippen LogP) is 4.97. The normalized spacial score (nSPS) is 11.8. The molecule has 0 saturated carbocycles.